The predicted molar refractivity (Wildman–Crippen MR) is 86.6 cm³/mol. The molecule has 0 bridgehead atoms. The van der Waals surface area contributed by atoms with E-state index in [4.69, 9.17) is 5.11 Å². The monoisotopic (exact) mass is 339 g/mol. The van der Waals surface area contributed by atoms with Crippen LogP contribution in [0, 0.1) is 0 Å². The van der Waals surface area contributed by atoms with Gasteiger partial charge in [-0.25, -0.2) is 17.9 Å². The highest BCUT2D eigenvalue weighted by Gasteiger charge is 2.12. The van der Waals surface area contributed by atoms with Crippen LogP contribution in [0.5, 0.6) is 0 Å². The van der Waals surface area contributed by atoms with Gasteiger partial charge in [-0.05, 0) is 36.2 Å². The number of aryl methyl sites for hydroxylation is 1. The lowest BCUT2D eigenvalue weighted by Crippen LogP contribution is -2.24. The summed E-state index contributed by atoms with van der Waals surface area (Å²) in [5.74, 6) is -1.20. The van der Waals surface area contributed by atoms with E-state index in [1.165, 1.54) is 29.1 Å². The van der Waals surface area contributed by atoms with Crippen molar-refractivity contribution in [2.45, 2.75) is 25.6 Å². The third-order valence-corrected chi connectivity index (χ3v) is 5.62. The lowest BCUT2D eigenvalue weighted by Gasteiger charge is -2.06. The number of carboxylic acid groups (broad SMARTS) is 1. The number of nitrogens with one attached hydrogen (secondary N) is 1. The molecule has 1 aromatic carbocycles. The fourth-order valence-corrected chi connectivity index (χ4v) is 4.00. The van der Waals surface area contributed by atoms with Crippen molar-refractivity contribution in [2.75, 3.05) is 0 Å². The van der Waals surface area contributed by atoms with E-state index in [1.807, 2.05) is 12.1 Å². The first-order valence-corrected chi connectivity index (χ1v) is 9.23. The molecule has 2 aromatic rings. The second-order valence-corrected chi connectivity index (χ2v) is 7.86. The third kappa shape index (κ3) is 4.66. The van der Waals surface area contributed by atoms with Crippen LogP contribution in [0.25, 0.3) is 0 Å². The highest BCUT2D eigenvalue weighted by molar-refractivity contribution is 7.88. The van der Waals surface area contributed by atoms with Crippen LogP contribution in [-0.2, 0) is 28.7 Å². The van der Waals surface area contributed by atoms with Gasteiger partial charge in [-0.1, -0.05) is 19.1 Å². The zero-order valence-electron chi connectivity index (χ0n) is 12.1. The molecule has 1 aromatic heterocycles. The van der Waals surface area contributed by atoms with Crippen molar-refractivity contribution in [3.05, 3.63) is 57.3 Å². The molecule has 0 saturated carbocycles. The molecule has 2 rings (SSSR count). The van der Waals surface area contributed by atoms with E-state index in [1.54, 1.807) is 11.3 Å². The number of thiophene rings is 1. The van der Waals surface area contributed by atoms with Crippen molar-refractivity contribution in [3.63, 3.8) is 0 Å². The van der Waals surface area contributed by atoms with Gasteiger partial charge in [0, 0.05) is 16.3 Å². The minimum absolute atomic E-state index is 0.139. The lowest BCUT2D eigenvalue weighted by atomic mass is 10.1. The van der Waals surface area contributed by atoms with E-state index in [-0.39, 0.29) is 17.9 Å². The molecule has 1 heterocycles. The summed E-state index contributed by atoms with van der Waals surface area (Å²) in [6.07, 6.45) is 0.938. The molecular formula is C15H17NO4S2. The molecular weight excluding hydrogens is 322 g/mol. The number of hydrogen-bond acceptors (Lipinski definition) is 4. The molecule has 0 radical (unpaired) electrons. The van der Waals surface area contributed by atoms with Gasteiger partial charge in [-0.15, -0.1) is 11.3 Å². The number of aromatic carboxylic acids is 1. The zero-order valence-corrected chi connectivity index (χ0v) is 13.7. The SMILES string of the molecule is CCc1ccc(CNS(=O)(=O)Cc2ccc(C(=O)O)cc2)s1. The van der Waals surface area contributed by atoms with Crippen molar-refractivity contribution in [1.29, 1.82) is 0 Å². The molecule has 0 unspecified atom stereocenters. The van der Waals surface area contributed by atoms with Crippen LogP contribution < -0.4 is 4.72 Å². The van der Waals surface area contributed by atoms with E-state index in [0.717, 1.165) is 11.3 Å². The molecule has 5 nitrogen and oxygen atoms in total. The normalized spacial score (nSPS) is 11.5. The van der Waals surface area contributed by atoms with Crippen molar-refractivity contribution < 1.29 is 18.3 Å². The van der Waals surface area contributed by atoms with Crippen LogP contribution >= 0.6 is 11.3 Å². The van der Waals surface area contributed by atoms with Gasteiger partial charge in [0.25, 0.3) is 0 Å². The third-order valence-electron chi connectivity index (χ3n) is 3.09. The van der Waals surface area contributed by atoms with E-state index in [2.05, 4.69) is 11.6 Å². The number of benzene rings is 1. The zero-order chi connectivity index (χ0) is 16.2. The smallest absolute Gasteiger partial charge is 0.335 e. The molecule has 2 N–H and O–H groups in total. The summed E-state index contributed by atoms with van der Waals surface area (Å²) >= 11 is 1.59. The summed E-state index contributed by atoms with van der Waals surface area (Å²) < 4.78 is 26.7. The Bertz CT molecular complexity index is 748. The minimum atomic E-state index is -3.45. The Morgan fingerprint density at radius 3 is 2.32 bits per heavy atom. The maximum Gasteiger partial charge on any atom is 0.335 e. The predicted octanol–water partition coefficient (Wildman–Crippen LogP) is 2.63. The Hall–Kier alpha value is -1.70. The standard InChI is InChI=1S/C15H17NO4S2/c1-2-13-7-8-14(21-13)9-16-22(19,20)10-11-3-5-12(6-4-11)15(17)18/h3-8,16H,2,9-10H2,1H3,(H,17,18). The molecule has 0 saturated heterocycles. The van der Waals surface area contributed by atoms with Gasteiger partial charge >= 0.3 is 5.97 Å². The Morgan fingerprint density at radius 2 is 1.77 bits per heavy atom. The van der Waals surface area contributed by atoms with Gasteiger partial charge in [0.1, 0.15) is 0 Å². The Labute approximate surface area is 133 Å². The van der Waals surface area contributed by atoms with Gasteiger partial charge in [-0.3, -0.25) is 0 Å². The number of carboxylic acids is 1. The first-order valence-electron chi connectivity index (χ1n) is 6.77. The van der Waals surface area contributed by atoms with E-state index in [9.17, 15) is 13.2 Å². The van der Waals surface area contributed by atoms with Gasteiger partial charge < -0.3 is 5.11 Å². The quantitative estimate of drug-likeness (QED) is 0.812. The molecule has 0 aliphatic carbocycles. The number of carbonyl (C=O) groups is 1. The molecule has 118 valence electrons. The van der Waals surface area contributed by atoms with Crippen molar-refractivity contribution in [1.82, 2.24) is 4.72 Å². The summed E-state index contributed by atoms with van der Waals surface area (Å²) in [5.41, 5.74) is 0.692. The topological polar surface area (TPSA) is 83.5 Å². The Balaban J connectivity index is 1.96. The van der Waals surface area contributed by atoms with Crippen LogP contribution in [-0.4, -0.2) is 19.5 Å². The Morgan fingerprint density at radius 1 is 1.14 bits per heavy atom. The molecule has 0 fully saturated rings. The number of sulfonamides is 1. The van der Waals surface area contributed by atoms with Crippen molar-refractivity contribution in [3.8, 4) is 0 Å². The van der Waals surface area contributed by atoms with Crippen LogP contribution in [0.15, 0.2) is 36.4 Å². The fraction of sp³-hybridized carbons (Fsp3) is 0.267. The second kappa shape index (κ2) is 7.04. The van der Waals surface area contributed by atoms with Crippen molar-refractivity contribution in [2.24, 2.45) is 0 Å². The average molecular weight is 339 g/mol. The molecule has 0 aliphatic rings. The second-order valence-electron chi connectivity index (χ2n) is 4.80. The largest absolute Gasteiger partial charge is 0.478 e. The first-order chi connectivity index (χ1) is 10.4. The summed E-state index contributed by atoms with van der Waals surface area (Å²) in [4.78, 5) is 12.9. The molecule has 22 heavy (non-hydrogen) atoms. The van der Waals surface area contributed by atoms with Crippen LogP contribution in [0.3, 0.4) is 0 Å². The number of rotatable bonds is 7. The molecule has 0 spiro atoms. The number of hydrogen-bond donors (Lipinski definition) is 2. The van der Waals surface area contributed by atoms with Crippen LogP contribution in [0.2, 0.25) is 0 Å². The highest BCUT2D eigenvalue weighted by Crippen LogP contribution is 2.17. The minimum Gasteiger partial charge on any atom is -0.478 e. The van der Waals surface area contributed by atoms with Crippen molar-refractivity contribution >= 4 is 27.3 Å². The lowest BCUT2D eigenvalue weighted by molar-refractivity contribution is 0.0697. The molecule has 0 amide bonds. The van der Waals surface area contributed by atoms with E-state index < -0.39 is 16.0 Å². The summed E-state index contributed by atoms with van der Waals surface area (Å²) in [5, 5.41) is 8.81. The summed E-state index contributed by atoms with van der Waals surface area (Å²) in [6, 6.07) is 9.76. The maximum atomic E-state index is 12.0. The molecule has 0 atom stereocenters. The van der Waals surface area contributed by atoms with E-state index in [0.29, 0.717) is 5.56 Å². The molecule has 0 aliphatic heterocycles. The van der Waals surface area contributed by atoms with Crippen LogP contribution in [0.4, 0.5) is 0 Å². The summed E-state index contributed by atoms with van der Waals surface area (Å²) in [7, 11) is -3.45. The molecule has 7 heteroatoms. The van der Waals surface area contributed by atoms with E-state index >= 15 is 0 Å². The van der Waals surface area contributed by atoms with Crippen LogP contribution in [0.1, 0.15) is 32.6 Å². The summed E-state index contributed by atoms with van der Waals surface area (Å²) in [6.45, 7) is 2.33. The van der Waals surface area contributed by atoms with Gasteiger partial charge in [0.2, 0.25) is 10.0 Å². The first kappa shape index (κ1) is 16.7. The average Bonchev–Trinajstić information content (AvgIpc) is 2.93. The van der Waals surface area contributed by atoms with Gasteiger partial charge in [0.15, 0.2) is 0 Å². The maximum absolute atomic E-state index is 12.0. The highest BCUT2D eigenvalue weighted by atomic mass is 32.2. The fourth-order valence-electron chi connectivity index (χ4n) is 1.90. The van der Waals surface area contributed by atoms with Gasteiger partial charge in [0.05, 0.1) is 11.3 Å². The van der Waals surface area contributed by atoms with Gasteiger partial charge in [-0.2, -0.15) is 0 Å². The Kier molecular flexibility index (Phi) is 5.33.